The van der Waals surface area contributed by atoms with Crippen LogP contribution in [0.4, 0.5) is 5.82 Å². The molecule has 10 heteroatoms. The Morgan fingerprint density at radius 2 is 2.36 bits per heavy atom. The van der Waals surface area contributed by atoms with Gasteiger partial charge in [0.15, 0.2) is 0 Å². The lowest BCUT2D eigenvalue weighted by atomic mass is 9.79. The summed E-state index contributed by atoms with van der Waals surface area (Å²) in [5.74, 6) is 0.197. The first-order valence-corrected chi connectivity index (χ1v) is 10.2. The highest BCUT2D eigenvalue weighted by Crippen LogP contribution is 2.45. The molecule has 1 unspecified atom stereocenters. The minimum Gasteiger partial charge on any atom is -0.465 e. The summed E-state index contributed by atoms with van der Waals surface area (Å²) in [5, 5.41) is 5.76. The normalized spacial score (nSPS) is 26.7. The zero-order chi connectivity index (χ0) is 19.7. The molecule has 8 nitrogen and oxygen atoms in total. The van der Waals surface area contributed by atoms with E-state index in [1.54, 1.807) is 17.5 Å². The molecule has 3 N–H and O–H groups in total. The van der Waals surface area contributed by atoms with Gasteiger partial charge < -0.3 is 20.5 Å². The van der Waals surface area contributed by atoms with Crippen molar-refractivity contribution >= 4 is 40.7 Å². The molecule has 2 aromatic rings. The number of aliphatic imine (C=N–C) groups is 1. The monoisotopic (exact) mass is 421 g/mol. The van der Waals surface area contributed by atoms with Gasteiger partial charge in [-0.15, -0.1) is 11.3 Å². The van der Waals surface area contributed by atoms with Gasteiger partial charge >= 0.3 is 0 Å². The van der Waals surface area contributed by atoms with E-state index in [9.17, 15) is 4.79 Å². The second kappa shape index (κ2) is 7.65. The fourth-order valence-electron chi connectivity index (χ4n) is 3.48. The van der Waals surface area contributed by atoms with Crippen LogP contribution in [0.2, 0.25) is 5.02 Å². The second-order valence-corrected chi connectivity index (χ2v) is 8.11. The molecule has 0 aliphatic carbocycles. The fraction of sp³-hybridized carbons (Fsp3) is 0.444. The number of rotatable bonds is 4. The Kier molecular flexibility index (Phi) is 5.22. The molecular weight excluding hydrogens is 402 g/mol. The van der Waals surface area contributed by atoms with Gasteiger partial charge in [0.1, 0.15) is 22.1 Å². The summed E-state index contributed by atoms with van der Waals surface area (Å²) in [4.78, 5) is 25.6. The van der Waals surface area contributed by atoms with Gasteiger partial charge in [0.2, 0.25) is 0 Å². The van der Waals surface area contributed by atoms with Crippen LogP contribution >= 0.6 is 22.9 Å². The number of pyridine rings is 1. The predicted octanol–water partition coefficient (Wildman–Crippen LogP) is 2.80. The van der Waals surface area contributed by atoms with E-state index in [1.165, 1.54) is 17.5 Å². The number of fused-ring (bicyclic) bond motifs is 1. The van der Waals surface area contributed by atoms with Gasteiger partial charge in [-0.3, -0.25) is 4.79 Å². The molecule has 2 aliphatic heterocycles. The maximum Gasteiger partial charge on any atom is 0.282 e. The fourth-order valence-corrected chi connectivity index (χ4v) is 4.55. The zero-order valence-electron chi connectivity index (χ0n) is 15.2. The standard InChI is InChI=1S/C18H20ClN5O3S/c1-2-12-5-10-7-26-17(20)24-18(10,9-27-12)16-23-14(8-28-16)22-15(25)13-4-3-11(19)6-21-13/h3-4,6,8,10,12H,2,5,7,9H2,1H3,(H2,20,24)(H,22,25)/t10-,12?,18-/m1/s1. The quantitative estimate of drug-likeness (QED) is 0.785. The maximum atomic E-state index is 12.4. The Balaban J connectivity index is 1.57. The lowest BCUT2D eigenvalue weighted by molar-refractivity contribution is -0.0818. The van der Waals surface area contributed by atoms with Crippen molar-refractivity contribution in [1.82, 2.24) is 9.97 Å². The van der Waals surface area contributed by atoms with Crippen LogP contribution in [0, 0.1) is 5.92 Å². The second-order valence-electron chi connectivity index (χ2n) is 6.81. The number of nitrogens with two attached hydrogens (primary N) is 1. The van der Waals surface area contributed by atoms with Crippen LogP contribution in [0.3, 0.4) is 0 Å². The topological polar surface area (TPSA) is 112 Å². The summed E-state index contributed by atoms with van der Waals surface area (Å²) in [5.41, 5.74) is 5.45. The van der Waals surface area contributed by atoms with Gasteiger partial charge in [0.25, 0.3) is 11.9 Å². The molecule has 3 atom stereocenters. The minimum atomic E-state index is -0.680. The zero-order valence-corrected chi connectivity index (χ0v) is 16.8. The minimum absolute atomic E-state index is 0.117. The van der Waals surface area contributed by atoms with Crippen LogP contribution in [-0.4, -0.2) is 41.2 Å². The van der Waals surface area contributed by atoms with Crippen molar-refractivity contribution in [3.8, 4) is 0 Å². The van der Waals surface area contributed by atoms with E-state index >= 15 is 0 Å². The van der Waals surface area contributed by atoms with Gasteiger partial charge in [-0.2, -0.15) is 0 Å². The number of ether oxygens (including phenoxy) is 2. The third kappa shape index (κ3) is 3.57. The highest BCUT2D eigenvalue weighted by molar-refractivity contribution is 7.10. The molecule has 0 saturated carbocycles. The maximum absolute atomic E-state index is 12.4. The highest BCUT2D eigenvalue weighted by Gasteiger charge is 2.50. The van der Waals surface area contributed by atoms with Crippen molar-refractivity contribution in [3.63, 3.8) is 0 Å². The van der Waals surface area contributed by atoms with Crippen LogP contribution < -0.4 is 11.1 Å². The molecule has 2 aromatic heterocycles. The number of nitrogens with one attached hydrogen (secondary N) is 1. The number of hydrogen-bond donors (Lipinski definition) is 2. The van der Waals surface area contributed by atoms with E-state index in [2.05, 4.69) is 27.2 Å². The van der Waals surface area contributed by atoms with Crippen molar-refractivity contribution in [3.05, 3.63) is 39.4 Å². The van der Waals surface area contributed by atoms with Crippen molar-refractivity contribution in [2.24, 2.45) is 16.6 Å². The van der Waals surface area contributed by atoms with Crippen molar-refractivity contribution < 1.29 is 14.3 Å². The molecule has 28 heavy (non-hydrogen) atoms. The number of aromatic nitrogens is 2. The molecule has 1 fully saturated rings. The van der Waals surface area contributed by atoms with Crippen molar-refractivity contribution in [1.29, 1.82) is 0 Å². The van der Waals surface area contributed by atoms with Crippen LogP contribution in [0.1, 0.15) is 35.3 Å². The number of carbonyl (C=O) groups is 1. The lowest BCUT2D eigenvalue weighted by Gasteiger charge is -2.44. The molecule has 0 aromatic carbocycles. The van der Waals surface area contributed by atoms with Gasteiger partial charge in [0.05, 0.1) is 24.3 Å². The van der Waals surface area contributed by atoms with Crippen LogP contribution in [-0.2, 0) is 15.0 Å². The summed E-state index contributed by atoms with van der Waals surface area (Å²) >= 11 is 7.23. The lowest BCUT2D eigenvalue weighted by Crippen LogP contribution is -2.51. The molecule has 2 aliphatic rings. The first kappa shape index (κ1) is 19.1. The Labute approximate surface area is 171 Å². The summed E-state index contributed by atoms with van der Waals surface area (Å²) in [6.07, 6.45) is 3.35. The van der Waals surface area contributed by atoms with E-state index in [1.807, 2.05) is 0 Å². The van der Waals surface area contributed by atoms with Gasteiger partial charge in [-0.1, -0.05) is 18.5 Å². The van der Waals surface area contributed by atoms with Crippen LogP contribution in [0.15, 0.2) is 28.7 Å². The third-order valence-electron chi connectivity index (χ3n) is 5.04. The number of halogens is 1. The van der Waals surface area contributed by atoms with Crippen LogP contribution in [0.5, 0.6) is 0 Å². The number of carbonyl (C=O) groups excluding carboxylic acids is 1. The predicted molar refractivity (Wildman–Crippen MR) is 107 cm³/mol. The molecule has 4 heterocycles. The highest BCUT2D eigenvalue weighted by atomic mass is 35.5. The smallest absolute Gasteiger partial charge is 0.282 e. The molecule has 148 valence electrons. The number of hydrogen-bond acceptors (Lipinski definition) is 8. The van der Waals surface area contributed by atoms with Gasteiger partial charge in [-0.05, 0) is 25.0 Å². The first-order valence-electron chi connectivity index (χ1n) is 8.99. The summed E-state index contributed by atoms with van der Waals surface area (Å²) in [6.45, 7) is 2.96. The molecule has 1 saturated heterocycles. The Bertz CT molecular complexity index is 903. The van der Waals surface area contributed by atoms with E-state index < -0.39 is 5.54 Å². The molecule has 1 amide bonds. The first-order chi connectivity index (χ1) is 13.5. The Morgan fingerprint density at radius 3 is 3.11 bits per heavy atom. The Morgan fingerprint density at radius 1 is 1.50 bits per heavy atom. The number of nitrogens with zero attached hydrogens (tertiary/aromatic N) is 3. The SMILES string of the molecule is CCC1C[C@@H]2COC(N)=N[C@]2(c2nc(NC(=O)c3ccc(Cl)cn3)cs2)CO1. The molecule has 0 spiro atoms. The largest absolute Gasteiger partial charge is 0.465 e. The number of amidine groups is 1. The third-order valence-corrected chi connectivity index (χ3v) is 6.27. The van der Waals surface area contributed by atoms with Gasteiger partial charge in [-0.25, -0.2) is 15.0 Å². The van der Waals surface area contributed by atoms with E-state index in [0.717, 1.165) is 17.8 Å². The number of thiazole rings is 1. The summed E-state index contributed by atoms with van der Waals surface area (Å²) in [6, 6.07) is 3.31. The summed E-state index contributed by atoms with van der Waals surface area (Å²) < 4.78 is 11.5. The summed E-state index contributed by atoms with van der Waals surface area (Å²) in [7, 11) is 0. The van der Waals surface area contributed by atoms with Crippen molar-refractivity contribution in [2.45, 2.75) is 31.4 Å². The molecular formula is C18H20ClN5O3S. The van der Waals surface area contributed by atoms with Crippen LogP contribution in [0.25, 0.3) is 0 Å². The number of amides is 1. The number of anilines is 1. The average molecular weight is 422 g/mol. The van der Waals surface area contributed by atoms with E-state index in [0.29, 0.717) is 24.1 Å². The molecule has 4 rings (SSSR count). The Hall–Kier alpha value is -2.23. The van der Waals surface area contributed by atoms with E-state index in [4.69, 9.17) is 26.8 Å². The van der Waals surface area contributed by atoms with E-state index in [-0.39, 0.29) is 29.6 Å². The van der Waals surface area contributed by atoms with Gasteiger partial charge in [0, 0.05) is 17.5 Å². The average Bonchev–Trinajstić information content (AvgIpc) is 3.17. The molecule has 0 radical (unpaired) electrons. The van der Waals surface area contributed by atoms with Crippen molar-refractivity contribution in [2.75, 3.05) is 18.5 Å². The molecule has 0 bridgehead atoms.